The minimum Gasteiger partial charge on any atom is -0.454 e. The van der Waals surface area contributed by atoms with E-state index in [-0.39, 0.29) is 5.91 Å². The lowest BCUT2D eigenvalue weighted by Crippen LogP contribution is -2.29. The summed E-state index contributed by atoms with van der Waals surface area (Å²) < 4.78 is 5.96. The Bertz CT molecular complexity index is 950. The predicted molar refractivity (Wildman–Crippen MR) is 95.3 cm³/mol. The van der Waals surface area contributed by atoms with Crippen LogP contribution < -0.4 is 9.64 Å². The molecule has 4 heteroatoms. The maximum absolute atomic E-state index is 13.2. The van der Waals surface area contributed by atoms with Crippen LogP contribution >= 0.6 is 0 Å². The Kier molecular flexibility index (Phi) is 3.78. The van der Waals surface area contributed by atoms with Gasteiger partial charge in [-0.25, -0.2) is 0 Å². The summed E-state index contributed by atoms with van der Waals surface area (Å²) in [5, 5.41) is 0. The van der Waals surface area contributed by atoms with Crippen molar-refractivity contribution in [2.75, 3.05) is 4.90 Å². The van der Waals surface area contributed by atoms with Gasteiger partial charge in [-0.1, -0.05) is 42.5 Å². The maximum Gasteiger partial charge on any atom is 0.262 e. The van der Waals surface area contributed by atoms with Gasteiger partial charge in [0.2, 0.25) is 0 Å². The molecule has 1 heterocycles. The molecular weight excluding hydrogens is 314 g/mol. The minimum atomic E-state index is -0.152. The average Bonchev–Trinajstić information content (AvgIpc) is 2.78. The number of aldehydes is 1. The molecule has 1 aliphatic rings. The molecule has 4 nitrogen and oxygen atoms in total. The lowest BCUT2D eigenvalue weighted by molar-refractivity contribution is 0.0984. The van der Waals surface area contributed by atoms with Crippen molar-refractivity contribution in [1.29, 1.82) is 0 Å². The smallest absolute Gasteiger partial charge is 0.262 e. The highest BCUT2D eigenvalue weighted by Crippen LogP contribution is 2.39. The molecule has 0 aromatic heterocycles. The third-order valence-corrected chi connectivity index (χ3v) is 4.18. The van der Waals surface area contributed by atoms with Crippen LogP contribution in [0, 0.1) is 0 Å². The second-order valence-electron chi connectivity index (χ2n) is 5.82. The molecule has 0 atom stereocenters. The van der Waals surface area contributed by atoms with E-state index in [2.05, 4.69) is 0 Å². The summed E-state index contributed by atoms with van der Waals surface area (Å²) in [4.78, 5) is 26.0. The van der Waals surface area contributed by atoms with Crippen LogP contribution in [0.5, 0.6) is 11.5 Å². The van der Waals surface area contributed by atoms with E-state index in [1.807, 2.05) is 42.5 Å². The molecule has 4 rings (SSSR count). The number of rotatable bonds is 3. The molecule has 0 N–H and O–H groups in total. The molecule has 0 radical (unpaired) electrons. The van der Waals surface area contributed by atoms with Crippen LogP contribution in [0.1, 0.15) is 26.3 Å². The van der Waals surface area contributed by atoms with Crippen molar-refractivity contribution < 1.29 is 14.3 Å². The number of hydrogen-bond donors (Lipinski definition) is 0. The monoisotopic (exact) mass is 329 g/mol. The van der Waals surface area contributed by atoms with Gasteiger partial charge in [-0.3, -0.25) is 9.59 Å². The van der Waals surface area contributed by atoms with E-state index in [9.17, 15) is 9.59 Å². The quantitative estimate of drug-likeness (QED) is 0.667. The number of anilines is 1. The van der Waals surface area contributed by atoms with E-state index in [0.29, 0.717) is 34.9 Å². The van der Waals surface area contributed by atoms with Crippen LogP contribution in [0.3, 0.4) is 0 Å². The lowest BCUT2D eigenvalue weighted by Gasteiger charge is -2.22. The molecule has 3 aromatic rings. The summed E-state index contributed by atoms with van der Waals surface area (Å²) in [7, 11) is 0. The van der Waals surface area contributed by atoms with E-state index in [0.717, 1.165) is 11.8 Å². The fourth-order valence-electron chi connectivity index (χ4n) is 2.93. The van der Waals surface area contributed by atoms with Crippen molar-refractivity contribution in [3.05, 3.63) is 89.5 Å². The van der Waals surface area contributed by atoms with Crippen LogP contribution in [-0.2, 0) is 6.54 Å². The van der Waals surface area contributed by atoms with Gasteiger partial charge >= 0.3 is 0 Å². The van der Waals surface area contributed by atoms with Gasteiger partial charge in [0.15, 0.2) is 5.75 Å². The molecule has 0 bridgehead atoms. The SMILES string of the molecule is O=Cc1ccc2c(c1)N(Cc1ccccc1)C(=O)c1ccccc1O2. The first-order valence-corrected chi connectivity index (χ1v) is 7.98. The number of carbonyl (C=O) groups is 2. The van der Waals surface area contributed by atoms with E-state index in [4.69, 9.17) is 4.74 Å². The first kappa shape index (κ1) is 15.1. The van der Waals surface area contributed by atoms with Gasteiger partial charge in [0, 0.05) is 5.56 Å². The van der Waals surface area contributed by atoms with Crippen LogP contribution in [-0.4, -0.2) is 12.2 Å². The number of para-hydroxylation sites is 1. The van der Waals surface area contributed by atoms with Crippen molar-refractivity contribution in [2.24, 2.45) is 0 Å². The van der Waals surface area contributed by atoms with Gasteiger partial charge in [0.25, 0.3) is 5.91 Å². The van der Waals surface area contributed by atoms with Crippen LogP contribution in [0.2, 0.25) is 0 Å². The summed E-state index contributed by atoms with van der Waals surface area (Å²) in [6.07, 6.45) is 0.767. The van der Waals surface area contributed by atoms with Crippen LogP contribution in [0.4, 0.5) is 5.69 Å². The molecule has 1 amide bonds. The third-order valence-electron chi connectivity index (χ3n) is 4.18. The Balaban J connectivity index is 1.87. The van der Waals surface area contributed by atoms with E-state index in [1.165, 1.54) is 0 Å². The summed E-state index contributed by atoms with van der Waals surface area (Å²) in [6.45, 7) is 0.396. The Morgan fingerprint density at radius 1 is 0.880 bits per heavy atom. The largest absolute Gasteiger partial charge is 0.454 e. The Morgan fingerprint density at radius 3 is 2.44 bits per heavy atom. The topological polar surface area (TPSA) is 46.6 Å². The normalized spacial score (nSPS) is 12.6. The lowest BCUT2D eigenvalue weighted by atomic mass is 10.1. The summed E-state index contributed by atoms with van der Waals surface area (Å²) in [5.41, 5.74) is 2.59. The second kappa shape index (κ2) is 6.24. The van der Waals surface area contributed by atoms with Crippen molar-refractivity contribution in [3.8, 4) is 11.5 Å². The number of benzene rings is 3. The van der Waals surface area contributed by atoms with Crippen molar-refractivity contribution in [2.45, 2.75) is 6.54 Å². The molecule has 0 aliphatic carbocycles. The number of amides is 1. The second-order valence-corrected chi connectivity index (χ2v) is 5.82. The zero-order chi connectivity index (χ0) is 17.2. The predicted octanol–water partition coefficient (Wildman–Crippen LogP) is 4.45. The van der Waals surface area contributed by atoms with Gasteiger partial charge < -0.3 is 9.64 Å². The Hall–Kier alpha value is -3.40. The van der Waals surface area contributed by atoms with Gasteiger partial charge in [0.05, 0.1) is 17.8 Å². The maximum atomic E-state index is 13.2. The third kappa shape index (κ3) is 2.78. The molecule has 0 unspecified atom stereocenters. The number of carbonyl (C=O) groups excluding carboxylic acids is 2. The van der Waals surface area contributed by atoms with E-state index >= 15 is 0 Å². The van der Waals surface area contributed by atoms with Gasteiger partial charge in [0.1, 0.15) is 12.0 Å². The average molecular weight is 329 g/mol. The molecule has 122 valence electrons. The molecule has 0 fully saturated rings. The number of fused-ring (bicyclic) bond motifs is 2. The Morgan fingerprint density at radius 2 is 1.64 bits per heavy atom. The molecular formula is C21H15NO3. The van der Waals surface area contributed by atoms with Gasteiger partial charge in [-0.15, -0.1) is 0 Å². The van der Waals surface area contributed by atoms with Gasteiger partial charge in [-0.2, -0.15) is 0 Å². The molecule has 0 saturated carbocycles. The number of hydrogen-bond acceptors (Lipinski definition) is 3. The van der Waals surface area contributed by atoms with Crippen LogP contribution in [0.15, 0.2) is 72.8 Å². The molecule has 1 aliphatic heterocycles. The molecule has 0 saturated heterocycles. The number of nitrogens with zero attached hydrogens (tertiary/aromatic N) is 1. The first-order chi connectivity index (χ1) is 12.3. The summed E-state index contributed by atoms with van der Waals surface area (Å²) >= 11 is 0. The van der Waals surface area contributed by atoms with Gasteiger partial charge in [-0.05, 0) is 35.9 Å². The zero-order valence-corrected chi connectivity index (χ0v) is 13.4. The Labute approximate surface area is 145 Å². The highest BCUT2D eigenvalue weighted by molar-refractivity contribution is 6.09. The standard InChI is InChI=1S/C21H15NO3/c23-14-16-10-11-20-18(12-16)22(13-15-6-2-1-3-7-15)21(24)17-8-4-5-9-19(17)25-20/h1-12,14H,13H2. The fraction of sp³-hybridized carbons (Fsp3) is 0.0476. The van der Waals surface area contributed by atoms with Crippen molar-refractivity contribution in [3.63, 3.8) is 0 Å². The fourth-order valence-corrected chi connectivity index (χ4v) is 2.93. The highest BCUT2D eigenvalue weighted by atomic mass is 16.5. The molecule has 0 spiro atoms. The van der Waals surface area contributed by atoms with Crippen molar-refractivity contribution >= 4 is 17.9 Å². The van der Waals surface area contributed by atoms with E-state index in [1.54, 1.807) is 35.2 Å². The van der Waals surface area contributed by atoms with Crippen LogP contribution in [0.25, 0.3) is 0 Å². The zero-order valence-electron chi connectivity index (χ0n) is 13.4. The molecule has 3 aromatic carbocycles. The van der Waals surface area contributed by atoms with E-state index < -0.39 is 0 Å². The number of ether oxygens (including phenoxy) is 1. The summed E-state index contributed by atoms with van der Waals surface area (Å²) in [6, 6.07) is 22.0. The first-order valence-electron chi connectivity index (χ1n) is 7.98. The highest BCUT2D eigenvalue weighted by Gasteiger charge is 2.28. The summed E-state index contributed by atoms with van der Waals surface area (Å²) in [5.74, 6) is 0.921. The molecule has 25 heavy (non-hydrogen) atoms. The van der Waals surface area contributed by atoms with Crippen molar-refractivity contribution in [1.82, 2.24) is 0 Å². The minimum absolute atomic E-state index is 0.152.